The highest BCUT2D eigenvalue weighted by Crippen LogP contribution is 1.80. The van der Waals surface area contributed by atoms with Crippen molar-refractivity contribution in [2.75, 3.05) is 11.6 Å². The van der Waals surface area contributed by atoms with Gasteiger partial charge in [0, 0.05) is 6.92 Å². The van der Waals surface area contributed by atoms with Crippen molar-refractivity contribution in [3.8, 4) is 0 Å². The summed E-state index contributed by atoms with van der Waals surface area (Å²) in [5.41, 5.74) is 5.31. The standard InChI is InChI=1S/C4H7N5/c1-3-7-2-8-4(5)9(3)6/h2,5H,6H2,1H3/p+1. The molecule has 48 valence electrons. The monoisotopic (exact) mass is 126 g/mol. The fourth-order valence-corrected chi connectivity index (χ4v) is 0.462. The third kappa shape index (κ3) is 0.883. The molecule has 0 amide bonds. The molecule has 0 fully saturated rings. The van der Waals surface area contributed by atoms with Gasteiger partial charge in [-0.1, -0.05) is 4.98 Å². The highest BCUT2D eigenvalue weighted by molar-refractivity contribution is 5.01. The fourth-order valence-electron chi connectivity index (χ4n) is 0.462. The maximum Gasteiger partial charge on any atom is 0.368 e. The number of aryl methyl sites for hydroxylation is 1. The zero-order chi connectivity index (χ0) is 6.85. The molecule has 1 aromatic heterocycles. The highest BCUT2D eigenvalue weighted by Gasteiger charge is 2.03. The van der Waals surface area contributed by atoms with E-state index < -0.39 is 0 Å². The fraction of sp³-hybridized carbons (Fsp3) is 0.250. The number of nitrogens with zero attached hydrogens (tertiary/aromatic N) is 3. The molecule has 0 unspecified atom stereocenters. The van der Waals surface area contributed by atoms with E-state index in [-0.39, 0.29) is 5.95 Å². The van der Waals surface area contributed by atoms with Gasteiger partial charge in [-0.2, -0.15) is 0 Å². The van der Waals surface area contributed by atoms with E-state index in [0.29, 0.717) is 5.82 Å². The molecule has 5 heteroatoms. The third-order valence-corrected chi connectivity index (χ3v) is 1.03. The molecule has 1 rings (SSSR count). The zero-order valence-corrected chi connectivity index (χ0v) is 5.07. The minimum Gasteiger partial charge on any atom is -0.306 e. The van der Waals surface area contributed by atoms with Crippen molar-refractivity contribution in [1.29, 1.82) is 0 Å². The molecule has 5 nitrogen and oxygen atoms in total. The molecule has 9 heavy (non-hydrogen) atoms. The molecule has 0 spiro atoms. The minimum absolute atomic E-state index is 0.266. The molecule has 0 radical (unpaired) electrons. The number of hydrogen-bond acceptors (Lipinski definition) is 4. The number of anilines is 1. The van der Waals surface area contributed by atoms with Crippen LogP contribution in [0.15, 0.2) is 6.33 Å². The number of nitrogens with two attached hydrogens (primary N) is 2. The third-order valence-electron chi connectivity index (χ3n) is 1.03. The van der Waals surface area contributed by atoms with E-state index in [1.165, 1.54) is 11.0 Å². The van der Waals surface area contributed by atoms with Crippen molar-refractivity contribution in [1.82, 2.24) is 9.97 Å². The summed E-state index contributed by atoms with van der Waals surface area (Å²) < 4.78 is 1.22. The maximum atomic E-state index is 5.35. The Morgan fingerprint density at radius 3 is 2.67 bits per heavy atom. The van der Waals surface area contributed by atoms with Gasteiger partial charge in [0.1, 0.15) is 0 Å². The molecule has 0 aliphatic carbocycles. The van der Waals surface area contributed by atoms with Gasteiger partial charge in [0.2, 0.25) is 12.2 Å². The molecule has 1 aromatic rings. The van der Waals surface area contributed by atoms with Crippen molar-refractivity contribution >= 4 is 5.95 Å². The topological polar surface area (TPSA) is 81.7 Å². The van der Waals surface area contributed by atoms with Crippen molar-refractivity contribution in [2.45, 2.75) is 6.92 Å². The zero-order valence-electron chi connectivity index (χ0n) is 5.07. The predicted octanol–water partition coefficient (Wildman–Crippen LogP) is -1.63. The van der Waals surface area contributed by atoms with Gasteiger partial charge in [-0.05, 0) is 0 Å². The highest BCUT2D eigenvalue weighted by atomic mass is 15.4. The van der Waals surface area contributed by atoms with Crippen LogP contribution in [0.4, 0.5) is 5.95 Å². The average molecular weight is 126 g/mol. The maximum absolute atomic E-state index is 5.35. The second-order valence-electron chi connectivity index (χ2n) is 1.65. The van der Waals surface area contributed by atoms with Crippen LogP contribution < -0.4 is 16.3 Å². The molecule has 0 saturated carbocycles. The van der Waals surface area contributed by atoms with Crippen LogP contribution >= 0.6 is 0 Å². The lowest BCUT2D eigenvalue weighted by molar-refractivity contribution is -0.636. The van der Waals surface area contributed by atoms with Gasteiger partial charge in [0.15, 0.2) is 0 Å². The lowest BCUT2D eigenvalue weighted by atomic mass is 10.7. The van der Waals surface area contributed by atoms with E-state index in [4.69, 9.17) is 11.6 Å². The summed E-state index contributed by atoms with van der Waals surface area (Å²) in [6, 6.07) is 0. The van der Waals surface area contributed by atoms with E-state index in [0.717, 1.165) is 0 Å². The predicted molar refractivity (Wildman–Crippen MR) is 31.5 cm³/mol. The Balaban J connectivity index is 3.25. The Morgan fingerprint density at radius 1 is 1.56 bits per heavy atom. The molecule has 0 aliphatic heterocycles. The molecule has 1 heterocycles. The van der Waals surface area contributed by atoms with Crippen LogP contribution in [0.3, 0.4) is 0 Å². The van der Waals surface area contributed by atoms with Crippen LogP contribution in [-0.2, 0) is 0 Å². The average Bonchev–Trinajstić information content (AvgIpc) is 1.83. The van der Waals surface area contributed by atoms with Gasteiger partial charge < -0.3 is 5.73 Å². The van der Waals surface area contributed by atoms with E-state index in [1.807, 2.05) is 0 Å². The molecule has 0 aromatic carbocycles. The summed E-state index contributed by atoms with van der Waals surface area (Å²) in [6.45, 7) is 1.75. The second kappa shape index (κ2) is 1.85. The van der Waals surface area contributed by atoms with Crippen molar-refractivity contribution < 1.29 is 4.68 Å². The summed E-state index contributed by atoms with van der Waals surface area (Å²) in [5, 5.41) is 0. The van der Waals surface area contributed by atoms with Gasteiger partial charge in [0.05, 0.1) is 0 Å². The lowest BCUT2D eigenvalue weighted by Gasteiger charge is -1.93. The number of hydrogen-bond donors (Lipinski definition) is 2. The summed E-state index contributed by atoms with van der Waals surface area (Å²) in [6.07, 6.45) is 1.37. The molecule has 4 N–H and O–H groups in total. The van der Waals surface area contributed by atoms with E-state index in [9.17, 15) is 0 Å². The minimum atomic E-state index is 0.266. The Bertz CT molecular complexity index is 200. The van der Waals surface area contributed by atoms with Crippen LogP contribution in [-0.4, -0.2) is 9.97 Å². The molecule has 0 bridgehead atoms. The van der Waals surface area contributed by atoms with E-state index in [1.54, 1.807) is 6.92 Å². The van der Waals surface area contributed by atoms with Crippen LogP contribution in [0.1, 0.15) is 5.82 Å². The van der Waals surface area contributed by atoms with Crippen molar-refractivity contribution in [2.24, 2.45) is 0 Å². The van der Waals surface area contributed by atoms with Crippen molar-refractivity contribution in [3.63, 3.8) is 0 Å². The van der Waals surface area contributed by atoms with Gasteiger partial charge in [-0.3, -0.25) is 5.84 Å². The van der Waals surface area contributed by atoms with Gasteiger partial charge in [-0.25, -0.2) is 0 Å². The van der Waals surface area contributed by atoms with Crippen LogP contribution in [0.5, 0.6) is 0 Å². The number of nitrogen functional groups attached to an aromatic ring is 2. The second-order valence-corrected chi connectivity index (χ2v) is 1.65. The molecule has 0 aliphatic rings. The molecular formula is C4H8N5+. The summed E-state index contributed by atoms with van der Waals surface area (Å²) >= 11 is 0. The van der Waals surface area contributed by atoms with Crippen molar-refractivity contribution in [3.05, 3.63) is 12.2 Å². The quantitative estimate of drug-likeness (QED) is 0.323. The summed E-state index contributed by atoms with van der Waals surface area (Å²) in [7, 11) is 0. The number of rotatable bonds is 0. The van der Waals surface area contributed by atoms with E-state index in [2.05, 4.69) is 9.97 Å². The Kier molecular flexibility index (Phi) is 1.18. The molecule has 0 atom stereocenters. The Labute approximate surface area is 52.3 Å². The largest absolute Gasteiger partial charge is 0.368 e. The first-order chi connectivity index (χ1) is 4.22. The first-order valence-corrected chi connectivity index (χ1v) is 2.46. The molecule has 0 saturated heterocycles. The van der Waals surface area contributed by atoms with E-state index >= 15 is 0 Å². The van der Waals surface area contributed by atoms with Crippen LogP contribution in [0.2, 0.25) is 0 Å². The Morgan fingerprint density at radius 2 is 2.22 bits per heavy atom. The van der Waals surface area contributed by atoms with Gasteiger partial charge >= 0.3 is 5.95 Å². The first-order valence-electron chi connectivity index (χ1n) is 2.46. The number of aromatic nitrogens is 3. The Hall–Kier alpha value is -1.39. The lowest BCUT2D eigenvalue weighted by Crippen LogP contribution is -2.50. The SMILES string of the molecule is Cc1ncnc(N)[n+]1N. The van der Waals surface area contributed by atoms with Crippen LogP contribution in [0, 0.1) is 6.92 Å². The molecular weight excluding hydrogens is 118 g/mol. The normalized spacial score (nSPS) is 9.44. The smallest absolute Gasteiger partial charge is 0.306 e. The first kappa shape index (κ1) is 5.74. The summed E-state index contributed by atoms with van der Waals surface area (Å²) in [4.78, 5) is 7.43. The van der Waals surface area contributed by atoms with Crippen LogP contribution in [0.25, 0.3) is 0 Å². The summed E-state index contributed by atoms with van der Waals surface area (Å²) in [5.74, 6) is 6.26. The van der Waals surface area contributed by atoms with Gasteiger partial charge in [-0.15, -0.1) is 9.66 Å². The van der Waals surface area contributed by atoms with Gasteiger partial charge in [0.25, 0.3) is 0 Å².